The molecule has 172 valence electrons. The van der Waals surface area contributed by atoms with E-state index in [1.165, 1.54) is 34.9 Å². The molecule has 7 nitrogen and oxygen atoms in total. The number of hydrogen-bond donors (Lipinski definition) is 3. The second-order valence-electron chi connectivity index (χ2n) is 9.70. The fourth-order valence-electron chi connectivity index (χ4n) is 6.32. The van der Waals surface area contributed by atoms with Crippen LogP contribution in [0.3, 0.4) is 0 Å². The Bertz CT molecular complexity index is 1090. The third-order valence-electron chi connectivity index (χ3n) is 7.71. The molecule has 0 bridgehead atoms. The number of H-pyrrole nitrogens is 1. The summed E-state index contributed by atoms with van der Waals surface area (Å²) >= 11 is 0. The maximum atomic E-state index is 6.00. The number of hydrogen-bond acceptors (Lipinski definition) is 6. The van der Waals surface area contributed by atoms with Gasteiger partial charge in [0.1, 0.15) is 5.76 Å². The van der Waals surface area contributed by atoms with Crippen LogP contribution in [0.25, 0.3) is 17.0 Å². The van der Waals surface area contributed by atoms with Gasteiger partial charge in [-0.1, -0.05) is 13.3 Å². The molecule has 1 saturated heterocycles. The van der Waals surface area contributed by atoms with E-state index < -0.39 is 0 Å². The summed E-state index contributed by atoms with van der Waals surface area (Å²) in [5, 5.41) is 14.2. The fraction of sp³-hybridized carbons (Fsp3) is 0.600. The molecular weight excluding hydrogens is 402 g/mol. The van der Waals surface area contributed by atoms with Gasteiger partial charge in [0.15, 0.2) is 0 Å². The number of nitrogens with one attached hydrogen (secondary N) is 3. The summed E-state index contributed by atoms with van der Waals surface area (Å²) in [4.78, 5) is 9.25. The molecule has 4 heterocycles. The molecule has 6 atom stereocenters. The third kappa shape index (κ3) is 3.29. The first-order valence-electron chi connectivity index (χ1n) is 11.9. The number of allylic oxidation sites excluding steroid dienone is 1. The zero-order valence-electron chi connectivity index (χ0n) is 20.0. The fourth-order valence-corrected chi connectivity index (χ4v) is 6.32. The molecule has 32 heavy (non-hydrogen) atoms. The smallest absolute Gasteiger partial charge is 0.126 e. The average molecular weight is 438 g/mol. The van der Waals surface area contributed by atoms with E-state index in [4.69, 9.17) is 14.7 Å². The van der Waals surface area contributed by atoms with Crippen molar-refractivity contribution in [2.24, 2.45) is 5.92 Å². The van der Waals surface area contributed by atoms with Crippen molar-refractivity contribution in [2.45, 2.75) is 84.0 Å². The highest BCUT2D eigenvalue weighted by Gasteiger charge is 2.42. The lowest BCUT2D eigenvalue weighted by atomic mass is 9.80. The molecule has 6 unspecified atom stereocenters. The highest BCUT2D eigenvalue weighted by atomic mass is 16.7. The third-order valence-corrected chi connectivity index (χ3v) is 7.71. The quantitative estimate of drug-likeness (QED) is 0.656. The van der Waals surface area contributed by atoms with Gasteiger partial charge in [-0.25, -0.2) is 0 Å². The monoisotopic (exact) mass is 437 g/mol. The second kappa shape index (κ2) is 8.28. The Morgan fingerprint density at radius 1 is 1.22 bits per heavy atom. The van der Waals surface area contributed by atoms with Gasteiger partial charge >= 0.3 is 0 Å². The molecule has 3 aliphatic rings. The Morgan fingerprint density at radius 2 is 2.03 bits per heavy atom. The Labute approximate surface area is 190 Å². The topological polar surface area (TPSA) is 84.1 Å². The largest absolute Gasteiger partial charge is 0.413 e. The van der Waals surface area contributed by atoms with Crippen LogP contribution in [-0.2, 0) is 16.0 Å². The van der Waals surface area contributed by atoms with Crippen LogP contribution in [0.5, 0.6) is 0 Å². The molecule has 0 amide bonds. The summed E-state index contributed by atoms with van der Waals surface area (Å²) in [5.41, 5.74) is 10.1. The molecule has 0 aromatic carbocycles. The minimum Gasteiger partial charge on any atom is -0.413 e. The molecule has 0 spiro atoms. The SMILES string of the molecule is CCCC1C(C)NC(C)C1c1nncc2[nH]c3c(c12)CC(OC)C(C1=C(C)ONC1C)=C3. The lowest BCUT2D eigenvalue weighted by Gasteiger charge is -2.27. The molecule has 1 aliphatic carbocycles. The van der Waals surface area contributed by atoms with Crippen molar-refractivity contribution in [3.63, 3.8) is 0 Å². The van der Waals surface area contributed by atoms with Crippen molar-refractivity contribution in [1.82, 2.24) is 26.0 Å². The van der Waals surface area contributed by atoms with Crippen LogP contribution < -0.4 is 10.8 Å². The Balaban J connectivity index is 1.65. The van der Waals surface area contributed by atoms with E-state index in [2.05, 4.69) is 54.7 Å². The Hall–Kier alpha value is -2.22. The first-order valence-corrected chi connectivity index (χ1v) is 11.9. The minimum absolute atomic E-state index is 0.0251. The molecule has 0 radical (unpaired) electrons. The number of aromatic amines is 1. The molecule has 5 rings (SSSR count). The summed E-state index contributed by atoms with van der Waals surface area (Å²) in [6, 6.07) is 0.979. The molecular formula is C25H35N5O2. The van der Waals surface area contributed by atoms with Crippen LogP contribution in [0.1, 0.15) is 70.3 Å². The van der Waals surface area contributed by atoms with Crippen LogP contribution >= 0.6 is 0 Å². The molecule has 0 saturated carbocycles. The molecule has 2 aromatic rings. The predicted molar refractivity (Wildman–Crippen MR) is 126 cm³/mol. The van der Waals surface area contributed by atoms with Gasteiger partial charge in [-0.05, 0) is 57.2 Å². The van der Waals surface area contributed by atoms with Crippen LogP contribution in [0, 0.1) is 5.92 Å². The Morgan fingerprint density at radius 3 is 2.72 bits per heavy atom. The summed E-state index contributed by atoms with van der Waals surface area (Å²) in [7, 11) is 1.80. The van der Waals surface area contributed by atoms with E-state index in [-0.39, 0.29) is 12.1 Å². The van der Waals surface area contributed by atoms with Crippen molar-refractivity contribution in [1.29, 1.82) is 0 Å². The number of methoxy groups -OCH3 is 1. The van der Waals surface area contributed by atoms with Crippen molar-refractivity contribution in [3.8, 4) is 0 Å². The summed E-state index contributed by atoms with van der Waals surface area (Å²) in [6.45, 7) is 11.0. The molecule has 3 N–H and O–H groups in total. The zero-order valence-corrected chi connectivity index (χ0v) is 20.0. The molecule has 1 fully saturated rings. The molecule has 2 aliphatic heterocycles. The van der Waals surface area contributed by atoms with Crippen molar-refractivity contribution in [2.75, 3.05) is 7.11 Å². The summed E-state index contributed by atoms with van der Waals surface area (Å²) in [5.74, 6) is 1.82. The standard InChI is InChI=1S/C25H35N5O2/c1-7-8-16-12(2)27-13(3)23(16)25-24-17-10-21(31-6)18(22-14(4)30-32-15(22)5)9-19(17)28-20(24)11-26-29-25/h9,11-14,16,21,23,27-28,30H,7-8,10H2,1-6H3. The van der Waals surface area contributed by atoms with Gasteiger partial charge in [-0.3, -0.25) is 0 Å². The van der Waals surface area contributed by atoms with Gasteiger partial charge in [0.2, 0.25) is 0 Å². The number of ether oxygens (including phenoxy) is 1. The van der Waals surface area contributed by atoms with Gasteiger partial charge in [0.05, 0.1) is 29.6 Å². The van der Waals surface area contributed by atoms with Gasteiger partial charge in [-0.2, -0.15) is 10.2 Å². The van der Waals surface area contributed by atoms with E-state index in [9.17, 15) is 0 Å². The Kier molecular flexibility index (Phi) is 5.60. The maximum Gasteiger partial charge on any atom is 0.126 e. The molecule has 7 heteroatoms. The average Bonchev–Trinajstić information content (AvgIpc) is 3.39. The van der Waals surface area contributed by atoms with Gasteiger partial charge in [-0.15, -0.1) is 5.48 Å². The highest BCUT2D eigenvalue weighted by Crippen LogP contribution is 2.44. The predicted octanol–water partition coefficient (Wildman–Crippen LogP) is 3.99. The van der Waals surface area contributed by atoms with Gasteiger partial charge < -0.3 is 19.9 Å². The van der Waals surface area contributed by atoms with E-state index in [1.54, 1.807) is 7.11 Å². The first kappa shape index (κ1) is 21.6. The maximum absolute atomic E-state index is 6.00. The van der Waals surface area contributed by atoms with Crippen LogP contribution in [0.4, 0.5) is 0 Å². The first-order chi connectivity index (χ1) is 15.4. The minimum atomic E-state index is -0.0251. The summed E-state index contributed by atoms with van der Waals surface area (Å²) < 4.78 is 6.00. The number of hydroxylamine groups is 1. The number of nitrogens with zero attached hydrogens (tertiary/aromatic N) is 2. The van der Waals surface area contributed by atoms with Crippen LogP contribution in [0.15, 0.2) is 23.1 Å². The number of fused-ring (bicyclic) bond motifs is 3. The number of rotatable bonds is 5. The van der Waals surface area contributed by atoms with E-state index in [0.717, 1.165) is 29.1 Å². The lowest BCUT2D eigenvalue weighted by Crippen LogP contribution is -2.28. The van der Waals surface area contributed by atoms with Gasteiger partial charge in [0, 0.05) is 48.2 Å². The molecule has 2 aromatic heterocycles. The zero-order chi connectivity index (χ0) is 22.6. The summed E-state index contributed by atoms with van der Waals surface area (Å²) in [6.07, 6.45) is 7.26. The van der Waals surface area contributed by atoms with Crippen molar-refractivity contribution in [3.05, 3.63) is 40.1 Å². The second-order valence-corrected chi connectivity index (χ2v) is 9.70. The van der Waals surface area contributed by atoms with Gasteiger partial charge in [0.25, 0.3) is 0 Å². The number of aromatic nitrogens is 3. The highest BCUT2D eigenvalue weighted by molar-refractivity contribution is 5.90. The van der Waals surface area contributed by atoms with Crippen molar-refractivity contribution >= 4 is 17.0 Å². The van der Waals surface area contributed by atoms with Crippen LogP contribution in [0.2, 0.25) is 0 Å². The lowest BCUT2D eigenvalue weighted by molar-refractivity contribution is 0.121. The van der Waals surface area contributed by atoms with E-state index >= 15 is 0 Å². The van der Waals surface area contributed by atoms with Crippen LogP contribution in [-0.4, -0.2) is 46.5 Å². The van der Waals surface area contributed by atoms with E-state index in [1.807, 2.05) is 13.1 Å². The van der Waals surface area contributed by atoms with Crippen molar-refractivity contribution < 1.29 is 9.57 Å². The normalized spacial score (nSPS) is 32.4. The van der Waals surface area contributed by atoms with E-state index in [0.29, 0.717) is 23.9 Å².